The molecule has 23 heavy (non-hydrogen) atoms. The van der Waals surface area contributed by atoms with Crippen LogP contribution < -0.4 is 20.5 Å². The molecule has 0 atom stereocenters. The summed E-state index contributed by atoms with van der Waals surface area (Å²) in [5, 5.41) is 2.61. The Morgan fingerprint density at radius 2 is 1.87 bits per heavy atom. The second-order valence-corrected chi connectivity index (χ2v) is 5.44. The fourth-order valence-corrected chi connectivity index (χ4v) is 2.66. The van der Waals surface area contributed by atoms with Gasteiger partial charge in [0, 0.05) is 51.0 Å². The van der Waals surface area contributed by atoms with Gasteiger partial charge in [0.05, 0.1) is 0 Å². The summed E-state index contributed by atoms with van der Waals surface area (Å²) in [5.41, 5.74) is 6.03. The number of benzene rings is 1. The lowest BCUT2D eigenvalue weighted by Gasteiger charge is -2.34. The van der Waals surface area contributed by atoms with E-state index in [4.69, 9.17) is 15.2 Å². The van der Waals surface area contributed by atoms with Gasteiger partial charge in [-0.15, -0.1) is 0 Å². The first-order chi connectivity index (χ1) is 11.2. The molecule has 1 aromatic carbocycles. The molecule has 1 aromatic rings. The van der Waals surface area contributed by atoms with Crippen molar-refractivity contribution in [3.05, 3.63) is 18.2 Å². The first-order valence-corrected chi connectivity index (χ1v) is 7.59. The van der Waals surface area contributed by atoms with Crippen LogP contribution in [0, 0.1) is 0 Å². The Bertz CT molecular complexity index is 599. The number of nitrogens with two attached hydrogens (primary N) is 1. The molecule has 2 amide bonds. The number of hydrogen-bond donors (Lipinski definition) is 2. The largest absolute Gasteiger partial charge is 0.454 e. The Hall–Kier alpha value is -2.32. The minimum atomic E-state index is -0.642. The Morgan fingerprint density at radius 3 is 2.61 bits per heavy atom. The van der Waals surface area contributed by atoms with Crippen LogP contribution >= 0.6 is 0 Å². The van der Waals surface area contributed by atoms with Crippen molar-refractivity contribution < 1.29 is 19.1 Å². The maximum absolute atomic E-state index is 12.2. The Labute approximate surface area is 134 Å². The number of nitrogens with zero attached hydrogens (tertiary/aromatic N) is 2. The Balaban J connectivity index is 1.55. The second kappa shape index (κ2) is 6.84. The van der Waals surface area contributed by atoms with E-state index in [9.17, 15) is 9.59 Å². The van der Waals surface area contributed by atoms with Gasteiger partial charge in [0.25, 0.3) is 0 Å². The van der Waals surface area contributed by atoms with E-state index in [2.05, 4.69) is 10.2 Å². The third-order valence-corrected chi connectivity index (χ3v) is 3.93. The van der Waals surface area contributed by atoms with Crippen molar-refractivity contribution in [1.29, 1.82) is 0 Å². The number of ether oxygens (including phenoxy) is 2. The van der Waals surface area contributed by atoms with Crippen LogP contribution in [0.4, 0.5) is 5.69 Å². The molecule has 2 aliphatic heterocycles. The number of rotatable bonds is 3. The zero-order valence-corrected chi connectivity index (χ0v) is 12.8. The van der Waals surface area contributed by atoms with E-state index in [-0.39, 0.29) is 6.79 Å². The lowest BCUT2D eigenvalue weighted by Crippen LogP contribution is -2.52. The van der Waals surface area contributed by atoms with Gasteiger partial charge in [0.2, 0.25) is 6.79 Å². The van der Waals surface area contributed by atoms with Gasteiger partial charge < -0.3 is 25.4 Å². The molecule has 1 saturated heterocycles. The van der Waals surface area contributed by atoms with E-state index in [0.29, 0.717) is 36.8 Å². The smallest absolute Gasteiger partial charge is 0.313 e. The molecule has 1 fully saturated rings. The van der Waals surface area contributed by atoms with Gasteiger partial charge in [-0.05, 0) is 12.1 Å². The van der Waals surface area contributed by atoms with Crippen molar-refractivity contribution >= 4 is 17.5 Å². The van der Waals surface area contributed by atoms with E-state index in [0.717, 1.165) is 19.6 Å². The molecule has 0 spiro atoms. The zero-order valence-electron chi connectivity index (χ0n) is 12.8. The Kier molecular flexibility index (Phi) is 4.63. The van der Waals surface area contributed by atoms with Crippen molar-refractivity contribution in [3.8, 4) is 11.5 Å². The van der Waals surface area contributed by atoms with Crippen LogP contribution in [0.25, 0.3) is 0 Å². The molecule has 0 saturated carbocycles. The van der Waals surface area contributed by atoms with Crippen LogP contribution in [-0.2, 0) is 9.59 Å². The summed E-state index contributed by atoms with van der Waals surface area (Å²) < 4.78 is 10.5. The molecule has 3 rings (SSSR count). The third-order valence-electron chi connectivity index (χ3n) is 3.93. The van der Waals surface area contributed by atoms with Crippen molar-refractivity contribution in [2.24, 2.45) is 5.73 Å². The molecule has 0 aromatic heterocycles. The standard InChI is InChI=1S/C15H20N4O4/c16-3-4-18-5-7-19(8-6-18)15(21)14(20)17-11-1-2-12-13(9-11)23-10-22-12/h1-2,9H,3-8,10,16H2,(H,17,20). The second-order valence-electron chi connectivity index (χ2n) is 5.44. The van der Waals surface area contributed by atoms with Crippen LogP contribution in [-0.4, -0.2) is 67.7 Å². The molecule has 2 aliphatic rings. The average molecular weight is 320 g/mol. The summed E-state index contributed by atoms with van der Waals surface area (Å²) in [6, 6.07) is 5.03. The normalized spacial score (nSPS) is 17.2. The van der Waals surface area contributed by atoms with Gasteiger partial charge in [-0.3, -0.25) is 14.5 Å². The summed E-state index contributed by atoms with van der Waals surface area (Å²) in [5.74, 6) is 0.0298. The first kappa shape index (κ1) is 15.6. The molecule has 0 radical (unpaired) electrons. The highest BCUT2D eigenvalue weighted by molar-refractivity contribution is 6.39. The number of anilines is 1. The number of nitrogens with one attached hydrogen (secondary N) is 1. The molecular formula is C15H20N4O4. The van der Waals surface area contributed by atoms with Gasteiger partial charge in [-0.25, -0.2) is 0 Å². The maximum Gasteiger partial charge on any atom is 0.313 e. The summed E-state index contributed by atoms with van der Waals surface area (Å²) in [6.07, 6.45) is 0. The molecule has 8 heteroatoms. The minimum Gasteiger partial charge on any atom is -0.454 e. The molecule has 124 valence electrons. The van der Waals surface area contributed by atoms with Crippen LogP contribution in [0.3, 0.4) is 0 Å². The van der Waals surface area contributed by atoms with Gasteiger partial charge in [0.1, 0.15) is 0 Å². The molecule has 0 bridgehead atoms. The average Bonchev–Trinajstić information content (AvgIpc) is 3.03. The van der Waals surface area contributed by atoms with Crippen molar-refractivity contribution in [1.82, 2.24) is 9.80 Å². The number of carbonyl (C=O) groups excluding carboxylic acids is 2. The van der Waals surface area contributed by atoms with Crippen molar-refractivity contribution in [2.75, 3.05) is 51.4 Å². The zero-order chi connectivity index (χ0) is 16.2. The van der Waals surface area contributed by atoms with Crippen LogP contribution in [0.5, 0.6) is 11.5 Å². The highest BCUT2D eigenvalue weighted by Gasteiger charge is 2.26. The Morgan fingerprint density at radius 1 is 1.13 bits per heavy atom. The van der Waals surface area contributed by atoms with E-state index in [1.54, 1.807) is 23.1 Å². The van der Waals surface area contributed by atoms with E-state index in [1.165, 1.54) is 0 Å². The molecule has 3 N–H and O–H groups in total. The molecule has 0 unspecified atom stereocenters. The predicted octanol–water partition coefficient (Wildman–Crippen LogP) is -0.543. The van der Waals surface area contributed by atoms with Crippen molar-refractivity contribution in [2.45, 2.75) is 0 Å². The van der Waals surface area contributed by atoms with Crippen LogP contribution in [0.1, 0.15) is 0 Å². The number of piperazine rings is 1. The van der Waals surface area contributed by atoms with Gasteiger partial charge in [-0.2, -0.15) is 0 Å². The lowest BCUT2D eigenvalue weighted by molar-refractivity contribution is -0.144. The maximum atomic E-state index is 12.2. The fourth-order valence-electron chi connectivity index (χ4n) is 2.66. The van der Waals surface area contributed by atoms with E-state index < -0.39 is 11.8 Å². The summed E-state index contributed by atoms with van der Waals surface area (Å²) in [6.45, 7) is 4.12. The monoisotopic (exact) mass is 320 g/mol. The van der Waals surface area contributed by atoms with Crippen LogP contribution in [0.2, 0.25) is 0 Å². The van der Waals surface area contributed by atoms with Gasteiger partial charge in [-0.1, -0.05) is 0 Å². The summed E-state index contributed by atoms with van der Waals surface area (Å²) in [7, 11) is 0. The van der Waals surface area contributed by atoms with Gasteiger partial charge in [0.15, 0.2) is 11.5 Å². The van der Waals surface area contributed by atoms with E-state index in [1.807, 2.05) is 0 Å². The SMILES string of the molecule is NCCN1CCN(C(=O)C(=O)Nc2ccc3c(c2)OCO3)CC1. The third kappa shape index (κ3) is 3.54. The minimum absolute atomic E-state index is 0.165. The van der Waals surface area contributed by atoms with Crippen LogP contribution in [0.15, 0.2) is 18.2 Å². The highest BCUT2D eigenvalue weighted by Crippen LogP contribution is 2.34. The molecule has 2 heterocycles. The topological polar surface area (TPSA) is 97.1 Å². The lowest BCUT2D eigenvalue weighted by atomic mass is 10.2. The number of hydrogen-bond acceptors (Lipinski definition) is 6. The van der Waals surface area contributed by atoms with E-state index >= 15 is 0 Å². The van der Waals surface area contributed by atoms with Gasteiger partial charge >= 0.3 is 11.8 Å². The molecule has 0 aliphatic carbocycles. The first-order valence-electron chi connectivity index (χ1n) is 7.59. The molecule has 8 nitrogen and oxygen atoms in total. The number of carbonyl (C=O) groups is 2. The number of fused-ring (bicyclic) bond motifs is 1. The summed E-state index contributed by atoms with van der Waals surface area (Å²) in [4.78, 5) is 28.1. The highest BCUT2D eigenvalue weighted by atomic mass is 16.7. The predicted molar refractivity (Wildman–Crippen MR) is 83.3 cm³/mol. The summed E-state index contributed by atoms with van der Waals surface area (Å²) >= 11 is 0. The van der Waals surface area contributed by atoms with Crippen molar-refractivity contribution in [3.63, 3.8) is 0 Å². The fraction of sp³-hybridized carbons (Fsp3) is 0.467. The molecular weight excluding hydrogens is 300 g/mol. The number of amides is 2. The quantitative estimate of drug-likeness (QED) is 0.726.